The summed E-state index contributed by atoms with van der Waals surface area (Å²) in [4.78, 5) is 35.0. The molecule has 0 amide bonds. The van der Waals surface area contributed by atoms with Crippen LogP contribution in [0.25, 0.3) is 0 Å². The predicted molar refractivity (Wildman–Crippen MR) is 58.5 cm³/mol. The molecule has 0 heterocycles. The molecule has 0 fully saturated rings. The molecule has 2 N–H and O–H groups in total. The molecule has 1 aliphatic carbocycles. The molecule has 18 heavy (non-hydrogen) atoms. The molecule has 0 spiro atoms. The second kappa shape index (κ2) is 3.99. The van der Waals surface area contributed by atoms with Gasteiger partial charge in [0.1, 0.15) is 17.1 Å². The molecule has 0 aromatic heterocycles. The molecule has 0 saturated carbocycles. The van der Waals surface area contributed by atoms with Gasteiger partial charge in [-0.25, -0.2) is 4.79 Å². The molecule has 0 bridgehead atoms. The van der Waals surface area contributed by atoms with Crippen LogP contribution in [-0.4, -0.2) is 34.9 Å². The van der Waals surface area contributed by atoms with Crippen LogP contribution in [0.5, 0.6) is 11.5 Å². The van der Waals surface area contributed by atoms with E-state index < -0.39 is 34.6 Å². The molecule has 6 heteroatoms. The Morgan fingerprint density at radius 3 is 2.22 bits per heavy atom. The van der Waals surface area contributed by atoms with E-state index in [1.165, 1.54) is 0 Å². The minimum atomic E-state index is -0.971. The lowest BCUT2D eigenvalue weighted by atomic mass is 9.88. The van der Waals surface area contributed by atoms with E-state index in [0.29, 0.717) is 0 Å². The molecule has 0 radical (unpaired) electrons. The minimum absolute atomic E-state index is 0.312. The van der Waals surface area contributed by atoms with Crippen LogP contribution >= 0.6 is 0 Å². The number of hydrogen-bond acceptors (Lipinski definition) is 6. The SMILES string of the molecule is COC(=O)C1=CC(=O)c2c(O)ccc(O)c2C1=O. The summed E-state index contributed by atoms with van der Waals surface area (Å²) in [7, 11) is 1.07. The first-order valence-corrected chi connectivity index (χ1v) is 4.91. The van der Waals surface area contributed by atoms with Crippen molar-refractivity contribution in [2.24, 2.45) is 0 Å². The van der Waals surface area contributed by atoms with Crippen LogP contribution in [0.4, 0.5) is 0 Å². The van der Waals surface area contributed by atoms with Gasteiger partial charge >= 0.3 is 5.97 Å². The summed E-state index contributed by atoms with van der Waals surface area (Å²) in [5, 5.41) is 19.1. The molecule has 1 aromatic rings. The number of fused-ring (bicyclic) bond motifs is 1. The van der Waals surface area contributed by atoms with Gasteiger partial charge in [-0.15, -0.1) is 0 Å². The number of hydrogen-bond donors (Lipinski definition) is 2. The van der Waals surface area contributed by atoms with Gasteiger partial charge in [-0.2, -0.15) is 0 Å². The average Bonchev–Trinajstić information content (AvgIpc) is 2.35. The molecular weight excluding hydrogens is 240 g/mol. The zero-order valence-corrected chi connectivity index (χ0v) is 9.26. The number of esters is 1. The second-order valence-electron chi connectivity index (χ2n) is 3.60. The van der Waals surface area contributed by atoms with Crippen molar-refractivity contribution in [2.75, 3.05) is 7.11 Å². The number of Topliss-reactive ketones (excluding diaryl/α,β-unsaturated/α-hetero) is 1. The van der Waals surface area contributed by atoms with Crippen molar-refractivity contribution < 1.29 is 29.3 Å². The summed E-state index contributed by atoms with van der Waals surface area (Å²) >= 11 is 0. The molecular formula is C12H8O6. The van der Waals surface area contributed by atoms with Crippen molar-refractivity contribution >= 4 is 17.5 Å². The van der Waals surface area contributed by atoms with E-state index in [-0.39, 0.29) is 11.1 Å². The van der Waals surface area contributed by atoms with E-state index in [2.05, 4.69) is 4.74 Å². The first kappa shape index (κ1) is 11.8. The Hall–Kier alpha value is -2.63. The Kier molecular flexibility index (Phi) is 2.63. The lowest BCUT2D eigenvalue weighted by molar-refractivity contribution is -0.135. The van der Waals surface area contributed by atoms with Gasteiger partial charge in [-0.05, 0) is 12.1 Å². The van der Waals surface area contributed by atoms with Crippen molar-refractivity contribution in [1.29, 1.82) is 0 Å². The van der Waals surface area contributed by atoms with Crippen LogP contribution in [0.2, 0.25) is 0 Å². The Balaban J connectivity index is 2.69. The number of carbonyl (C=O) groups is 3. The van der Waals surface area contributed by atoms with Crippen LogP contribution < -0.4 is 0 Å². The quantitative estimate of drug-likeness (QED) is 0.428. The average molecular weight is 248 g/mol. The molecule has 0 aliphatic heterocycles. The zero-order valence-electron chi connectivity index (χ0n) is 9.26. The number of allylic oxidation sites excluding steroid dienone is 1. The van der Waals surface area contributed by atoms with Crippen LogP contribution in [0.1, 0.15) is 20.7 Å². The van der Waals surface area contributed by atoms with Crippen LogP contribution in [0, 0.1) is 0 Å². The van der Waals surface area contributed by atoms with Crippen LogP contribution in [-0.2, 0) is 9.53 Å². The summed E-state index contributed by atoms with van der Waals surface area (Å²) in [6, 6.07) is 2.16. The van der Waals surface area contributed by atoms with Gasteiger partial charge in [0.15, 0.2) is 5.78 Å². The van der Waals surface area contributed by atoms with Gasteiger partial charge in [0.05, 0.1) is 18.2 Å². The number of ketones is 2. The summed E-state index contributed by atoms with van der Waals surface area (Å²) in [5.74, 6) is -3.47. The second-order valence-corrected chi connectivity index (χ2v) is 3.60. The van der Waals surface area contributed by atoms with Gasteiger partial charge in [0.2, 0.25) is 5.78 Å². The number of methoxy groups -OCH3 is 1. The largest absolute Gasteiger partial charge is 0.507 e. The summed E-state index contributed by atoms with van der Waals surface area (Å²) in [5.41, 5.74) is -1.17. The topological polar surface area (TPSA) is 101 Å². The summed E-state index contributed by atoms with van der Waals surface area (Å²) in [6.07, 6.45) is 0.787. The molecule has 1 aromatic carbocycles. The molecule has 1 aliphatic rings. The predicted octanol–water partition coefficient (Wildman–Crippen LogP) is 0.576. The van der Waals surface area contributed by atoms with Crippen LogP contribution in [0.3, 0.4) is 0 Å². The lowest BCUT2D eigenvalue weighted by Crippen LogP contribution is -2.23. The van der Waals surface area contributed by atoms with E-state index in [9.17, 15) is 24.6 Å². The van der Waals surface area contributed by atoms with E-state index in [1.54, 1.807) is 0 Å². The highest BCUT2D eigenvalue weighted by molar-refractivity contribution is 6.34. The first-order chi connectivity index (χ1) is 8.47. The number of benzene rings is 1. The highest BCUT2D eigenvalue weighted by Gasteiger charge is 2.34. The fourth-order valence-electron chi connectivity index (χ4n) is 1.73. The van der Waals surface area contributed by atoms with E-state index in [1.807, 2.05) is 0 Å². The maximum absolute atomic E-state index is 11.9. The van der Waals surface area contributed by atoms with Crippen LogP contribution in [0.15, 0.2) is 23.8 Å². The Morgan fingerprint density at radius 1 is 1.11 bits per heavy atom. The smallest absolute Gasteiger partial charge is 0.342 e. The van der Waals surface area contributed by atoms with Gasteiger partial charge in [-0.1, -0.05) is 0 Å². The highest BCUT2D eigenvalue weighted by Crippen LogP contribution is 2.34. The highest BCUT2D eigenvalue weighted by atomic mass is 16.5. The third-order valence-electron chi connectivity index (χ3n) is 2.56. The Labute approximate surface area is 101 Å². The standard InChI is InChI=1S/C12H8O6/c1-18-12(17)5-4-8(15)9-6(13)2-3-7(14)10(9)11(5)16/h2-4,13-14H,1H3. The maximum atomic E-state index is 11.9. The third-order valence-corrected chi connectivity index (χ3v) is 2.56. The normalized spacial score (nSPS) is 13.9. The molecule has 0 saturated heterocycles. The monoisotopic (exact) mass is 248 g/mol. The van der Waals surface area contributed by atoms with E-state index >= 15 is 0 Å². The van der Waals surface area contributed by atoms with E-state index in [4.69, 9.17) is 0 Å². The number of phenolic OH excluding ortho intramolecular Hbond substituents is 2. The lowest BCUT2D eigenvalue weighted by Gasteiger charge is -2.15. The van der Waals surface area contributed by atoms with Crippen molar-refractivity contribution in [1.82, 2.24) is 0 Å². The third kappa shape index (κ3) is 1.55. The number of rotatable bonds is 1. The fraction of sp³-hybridized carbons (Fsp3) is 0.0833. The number of carbonyl (C=O) groups excluding carboxylic acids is 3. The Morgan fingerprint density at radius 2 is 1.67 bits per heavy atom. The van der Waals surface area contributed by atoms with Gasteiger partial charge < -0.3 is 14.9 Å². The number of ether oxygens (including phenoxy) is 1. The van der Waals surface area contributed by atoms with Crippen molar-refractivity contribution in [3.05, 3.63) is 34.9 Å². The first-order valence-electron chi connectivity index (χ1n) is 4.91. The van der Waals surface area contributed by atoms with Gasteiger partial charge in [0.25, 0.3) is 0 Å². The van der Waals surface area contributed by atoms with Crippen molar-refractivity contribution in [2.45, 2.75) is 0 Å². The maximum Gasteiger partial charge on any atom is 0.342 e. The summed E-state index contributed by atoms with van der Waals surface area (Å²) < 4.78 is 4.37. The van der Waals surface area contributed by atoms with E-state index in [0.717, 1.165) is 25.3 Å². The molecule has 6 nitrogen and oxygen atoms in total. The van der Waals surface area contributed by atoms with Crippen molar-refractivity contribution in [3.63, 3.8) is 0 Å². The number of phenols is 2. The Bertz CT molecular complexity index is 611. The number of aromatic hydroxyl groups is 2. The summed E-state index contributed by atoms with van der Waals surface area (Å²) in [6.45, 7) is 0. The molecule has 0 atom stereocenters. The molecule has 2 rings (SSSR count). The van der Waals surface area contributed by atoms with Crippen molar-refractivity contribution in [3.8, 4) is 11.5 Å². The molecule has 92 valence electrons. The fourth-order valence-corrected chi connectivity index (χ4v) is 1.73. The van der Waals surface area contributed by atoms with Gasteiger partial charge in [-0.3, -0.25) is 9.59 Å². The molecule has 0 unspecified atom stereocenters. The van der Waals surface area contributed by atoms with Gasteiger partial charge in [0, 0.05) is 6.08 Å². The minimum Gasteiger partial charge on any atom is -0.507 e. The zero-order chi connectivity index (χ0) is 13.4.